The van der Waals surface area contributed by atoms with E-state index in [1.165, 1.54) is 19.2 Å². The molecule has 0 N–H and O–H groups in total. The highest BCUT2D eigenvalue weighted by atomic mass is 79.9. The zero-order chi connectivity index (χ0) is 14.9. The molecule has 0 atom stereocenters. The molecule has 0 aliphatic heterocycles. The van der Waals surface area contributed by atoms with Crippen LogP contribution in [0.15, 0.2) is 34.8 Å². The highest BCUT2D eigenvalue weighted by molar-refractivity contribution is 9.10. The molecule has 0 aromatic heterocycles. The Balaban J connectivity index is 2.57. The molecule has 0 unspecified atom stereocenters. The van der Waals surface area contributed by atoms with E-state index in [2.05, 4.69) is 15.9 Å². The second-order valence-electron chi connectivity index (χ2n) is 3.90. The number of carbonyl (C=O) groups excluding carboxylic acids is 1. The predicted octanol–water partition coefficient (Wildman–Crippen LogP) is 4.11. The van der Waals surface area contributed by atoms with Crippen LogP contribution in [0, 0.1) is 17.5 Å². The van der Waals surface area contributed by atoms with Gasteiger partial charge in [-0.25, -0.2) is 13.2 Å². The van der Waals surface area contributed by atoms with Crippen LogP contribution in [0.5, 0.6) is 5.75 Å². The van der Waals surface area contributed by atoms with E-state index in [-0.39, 0.29) is 11.3 Å². The number of ketones is 1. The fourth-order valence-electron chi connectivity index (χ4n) is 1.70. The first-order valence-corrected chi connectivity index (χ1v) is 6.26. The first-order valence-electron chi connectivity index (χ1n) is 5.47. The SMILES string of the molecule is COc1ccc(Br)cc1C(=O)c1ccc(F)c(F)c1F. The molecule has 0 radical (unpaired) electrons. The molecule has 104 valence electrons. The molecule has 0 fully saturated rings. The van der Waals surface area contributed by atoms with E-state index in [1.807, 2.05) is 0 Å². The molecule has 6 heteroatoms. The van der Waals surface area contributed by atoms with Crippen molar-refractivity contribution in [1.29, 1.82) is 0 Å². The van der Waals surface area contributed by atoms with Gasteiger partial charge in [-0.3, -0.25) is 4.79 Å². The van der Waals surface area contributed by atoms with Crippen LogP contribution in [0.25, 0.3) is 0 Å². The summed E-state index contributed by atoms with van der Waals surface area (Å²) in [5.41, 5.74) is -0.507. The lowest BCUT2D eigenvalue weighted by atomic mass is 10.0. The van der Waals surface area contributed by atoms with E-state index in [0.717, 1.165) is 6.07 Å². The second-order valence-corrected chi connectivity index (χ2v) is 4.81. The Morgan fingerprint density at radius 2 is 1.75 bits per heavy atom. The van der Waals surface area contributed by atoms with Crippen LogP contribution < -0.4 is 4.74 Å². The lowest BCUT2D eigenvalue weighted by Gasteiger charge is -2.09. The molecule has 0 saturated heterocycles. The molecule has 20 heavy (non-hydrogen) atoms. The van der Waals surface area contributed by atoms with Crippen molar-refractivity contribution in [2.45, 2.75) is 0 Å². The summed E-state index contributed by atoms with van der Waals surface area (Å²) in [4.78, 5) is 12.2. The van der Waals surface area contributed by atoms with Gasteiger partial charge in [0.15, 0.2) is 23.2 Å². The van der Waals surface area contributed by atoms with Crippen molar-refractivity contribution in [3.8, 4) is 5.75 Å². The summed E-state index contributed by atoms with van der Waals surface area (Å²) in [6.45, 7) is 0. The van der Waals surface area contributed by atoms with Crippen LogP contribution in [-0.2, 0) is 0 Å². The maximum atomic E-state index is 13.6. The summed E-state index contributed by atoms with van der Waals surface area (Å²) in [6, 6.07) is 6.17. The first kappa shape index (κ1) is 14.6. The maximum absolute atomic E-state index is 13.6. The van der Waals surface area contributed by atoms with E-state index in [0.29, 0.717) is 10.5 Å². The lowest BCUT2D eigenvalue weighted by Crippen LogP contribution is -2.08. The molecule has 2 aromatic rings. The summed E-state index contributed by atoms with van der Waals surface area (Å²) < 4.78 is 45.3. The van der Waals surface area contributed by atoms with Gasteiger partial charge in [-0.2, -0.15) is 0 Å². The van der Waals surface area contributed by atoms with Gasteiger partial charge in [-0.05, 0) is 30.3 Å². The van der Waals surface area contributed by atoms with E-state index in [1.54, 1.807) is 6.07 Å². The third kappa shape index (κ3) is 2.56. The highest BCUT2D eigenvalue weighted by Crippen LogP contribution is 2.27. The third-order valence-corrected chi connectivity index (χ3v) is 3.18. The van der Waals surface area contributed by atoms with Crippen LogP contribution in [0.1, 0.15) is 15.9 Å². The van der Waals surface area contributed by atoms with Gasteiger partial charge in [0.05, 0.1) is 18.2 Å². The summed E-state index contributed by atoms with van der Waals surface area (Å²) in [7, 11) is 1.35. The van der Waals surface area contributed by atoms with Crippen molar-refractivity contribution in [2.24, 2.45) is 0 Å². The van der Waals surface area contributed by atoms with Crippen LogP contribution in [0.3, 0.4) is 0 Å². The van der Waals surface area contributed by atoms with Crippen molar-refractivity contribution in [1.82, 2.24) is 0 Å². The topological polar surface area (TPSA) is 26.3 Å². The van der Waals surface area contributed by atoms with Crippen molar-refractivity contribution in [3.05, 3.63) is 63.4 Å². The molecule has 2 aromatic carbocycles. The molecule has 0 bridgehead atoms. The van der Waals surface area contributed by atoms with Gasteiger partial charge < -0.3 is 4.74 Å². The Hall–Kier alpha value is -1.82. The van der Waals surface area contributed by atoms with Crippen molar-refractivity contribution >= 4 is 21.7 Å². The van der Waals surface area contributed by atoms with Gasteiger partial charge in [0.1, 0.15) is 5.75 Å². The van der Waals surface area contributed by atoms with Crippen LogP contribution in [0.2, 0.25) is 0 Å². The number of carbonyl (C=O) groups is 1. The van der Waals surface area contributed by atoms with Crippen molar-refractivity contribution < 1.29 is 22.7 Å². The average molecular weight is 345 g/mol. The fraction of sp³-hybridized carbons (Fsp3) is 0.0714. The monoisotopic (exact) mass is 344 g/mol. The van der Waals surface area contributed by atoms with E-state index < -0.39 is 28.8 Å². The highest BCUT2D eigenvalue weighted by Gasteiger charge is 2.22. The molecule has 0 saturated carbocycles. The van der Waals surface area contributed by atoms with E-state index in [4.69, 9.17) is 4.74 Å². The van der Waals surface area contributed by atoms with E-state index >= 15 is 0 Å². The number of methoxy groups -OCH3 is 1. The quantitative estimate of drug-likeness (QED) is 0.618. The number of ether oxygens (including phenoxy) is 1. The number of rotatable bonds is 3. The third-order valence-electron chi connectivity index (χ3n) is 2.69. The second kappa shape index (κ2) is 5.66. The van der Waals surface area contributed by atoms with Gasteiger partial charge in [-0.15, -0.1) is 0 Å². The Kier molecular flexibility index (Phi) is 4.13. The summed E-state index contributed by atoms with van der Waals surface area (Å²) in [6.07, 6.45) is 0. The van der Waals surface area contributed by atoms with Crippen LogP contribution in [0.4, 0.5) is 13.2 Å². The molecular formula is C14H8BrF3O2. The summed E-state index contributed by atoms with van der Waals surface area (Å²) in [5, 5.41) is 0. The smallest absolute Gasteiger partial charge is 0.199 e. The Morgan fingerprint density at radius 1 is 1.05 bits per heavy atom. The Morgan fingerprint density at radius 3 is 2.40 bits per heavy atom. The van der Waals surface area contributed by atoms with Gasteiger partial charge in [-0.1, -0.05) is 15.9 Å². The molecule has 0 spiro atoms. The normalized spacial score (nSPS) is 10.4. The lowest BCUT2D eigenvalue weighted by molar-refractivity contribution is 0.103. The largest absolute Gasteiger partial charge is 0.496 e. The Labute approximate surface area is 121 Å². The van der Waals surface area contributed by atoms with Crippen LogP contribution in [-0.4, -0.2) is 12.9 Å². The minimum atomic E-state index is -1.68. The summed E-state index contributed by atoms with van der Waals surface area (Å²) in [5.74, 6) is -5.12. The van der Waals surface area contributed by atoms with E-state index in [9.17, 15) is 18.0 Å². The molecule has 2 nitrogen and oxygen atoms in total. The van der Waals surface area contributed by atoms with Gasteiger partial charge in [0.25, 0.3) is 0 Å². The maximum Gasteiger partial charge on any atom is 0.199 e. The number of benzene rings is 2. The number of halogens is 4. The molecular weight excluding hydrogens is 337 g/mol. The number of hydrogen-bond donors (Lipinski definition) is 0. The first-order chi connectivity index (χ1) is 9.45. The molecule has 0 heterocycles. The molecule has 0 aliphatic rings. The average Bonchev–Trinajstić information content (AvgIpc) is 2.44. The van der Waals surface area contributed by atoms with Crippen molar-refractivity contribution in [2.75, 3.05) is 7.11 Å². The minimum Gasteiger partial charge on any atom is -0.496 e. The zero-order valence-electron chi connectivity index (χ0n) is 10.2. The standard InChI is InChI=1S/C14H8BrF3O2/c1-20-11-5-2-7(15)6-9(11)14(19)8-3-4-10(16)13(18)12(8)17/h2-6H,1H3. The number of hydrogen-bond acceptors (Lipinski definition) is 2. The fourth-order valence-corrected chi connectivity index (χ4v) is 2.07. The van der Waals surface area contributed by atoms with Crippen LogP contribution >= 0.6 is 15.9 Å². The Bertz CT molecular complexity index is 686. The van der Waals surface area contributed by atoms with Crippen molar-refractivity contribution in [3.63, 3.8) is 0 Å². The minimum absolute atomic E-state index is 0.0479. The van der Waals surface area contributed by atoms with Gasteiger partial charge in [0.2, 0.25) is 0 Å². The summed E-state index contributed by atoms with van der Waals surface area (Å²) >= 11 is 3.18. The van der Waals surface area contributed by atoms with Gasteiger partial charge in [0, 0.05) is 4.47 Å². The molecule has 0 aliphatic carbocycles. The molecule has 2 rings (SSSR count). The zero-order valence-corrected chi connectivity index (χ0v) is 11.8. The predicted molar refractivity (Wildman–Crippen MR) is 70.4 cm³/mol. The molecule has 0 amide bonds. The van der Waals surface area contributed by atoms with Gasteiger partial charge >= 0.3 is 0 Å².